The fraction of sp³-hybridized carbons (Fsp3) is 0.250. The quantitative estimate of drug-likeness (QED) is 0.371. The number of benzene rings is 3. The van der Waals surface area contributed by atoms with E-state index in [4.69, 9.17) is 4.74 Å². The first-order valence-corrected chi connectivity index (χ1v) is 13.3. The highest BCUT2D eigenvalue weighted by Crippen LogP contribution is 2.28. The summed E-state index contributed by atoms with van der Waals surface area (Å²) in [4.78, 5) is 12.9. The van der Waals surface area contributed by atoms with Crippen molar-refractivity contribution in [1.82, 2.24) is 5.32 Å². The summed E-state index contributed by atoms with van der Waals surface area (Å²) >= 11 is 0. The summed E-state index contributed by atoms with van der Waals surface area (Å²) in [6.45, 7) is 0.183. The molecular formula is C28H30N2O4S. The number of amides is 1. The molecule has 3 aromatic carbocycles. The van der Waals surface area contributed by atoms with Gasteiger partial charge in [0.15, 0.2) is 0 Å². The Balaban J connectivity index is 1.50. The number of anilines is 1. The molecule has 0 aromatic heterocycles. The van der Waals surface area contributed by atoms with Gasteiger partial charge in [-0.3, -0.25) is 9.10 Å². The van der Waals surface area contributed by atoms with Crippen LogP contribution in [0, 0.1) is 0 Å². The Kier molecular flexibility index (Phi) is 8.21. The van der Waals surface area contributed by atoms with Crippen LogP contribution < -0.4 is 14.4 Å². The van der Waals surface area contributed by atoms with E-state index in [1.807, 2.05) is 30.3 Å². The third kappa shape index (κ3) is 6.73. The number of hydrogen-bond acceptors (Lipinski definition) is 4. The first-order chi connectivity index (χ1) is 17.0. The van der Waals surface area contributed by atoms with Gasteiger partial charge in [-0.25, -0.2) is 8.42 Å². The molecule has 0 aliphatic heterocycles. The van der Waals surface area contributed by atoms with Gasteiger partial charge in [0.25, 0.3) is 10.0 Å². The van der Waals surface area contributed by atoms with Crippen molar-refractivity contribution >= 4 is 21.6 Å². The lowest BCUT2D eigenvalue weighted by Gasteiger charge is -2.24. The molecule has 3 aromatic rings. The normalized spacial score (nSPS) is 13.5. The molecule has 0 unspecified atom stereocenters. The maximum Gasteiger partial charge on any atom is 0.264 e. The lowest BCUT2D eigenvalue weighted by atomic mass is 9.97. The van der Waals surface area contributed by atoms with Crippen LogP contribution in [0.25, 0.3) is 0 Å². The molecule has 7 heteroatoms. The Labute approximate surface area is 207 Å². The number of hydrogen-bond donors (Lipinski definition) is 1. The SMILES string of the molecule is O=C(CN(c1ccc(Oc2ccccc2)cc1)S(=O)(=O)c1ccccc1)NCCC1=CCCCC1. The van der Waals surface area contributed by atoms with E-state index in [2.05, 4.69) is 11.4 Å². The third-order valence-corrected chi connectivity index (χ3v) is 7.66. The molecule has 0 heterocycles. The Morgan fingerprint density at radius 1 is 0.857 bits per heavy atom. The maximum absolute atomic E-state index is 13.5. The second kappa shape index (κ2) is 11.7. The van der Waals surface area contributed by atoms with Crippen LogP contribution in [0.1, 0.15) is 32.1 Å². The summed E-state index contributed by atoms with van der Waals surface area (Å²) in [6, 6.07) is 24.2. The summed E-state index contributed by atoms with van der Waals surface area (Å²) in [5.41, 5.74) is 1.75. The molecule has 1 N–H and O–H groups in total. The highest BCUT2D eigenvalue weighted by molar-refractivity contribution is 7.92. The molecular weight excluding hydrogens is 460 g/mol. The van der Waals surface area contributed by atoms with Crippen molar-refractivity contribution in [3.63, 3.8) is 0 Å². The summed E-state index contributed by atoms with van der Waals surface area (Å²) in [6.07, 6.45) is 7.62. The summed E-state index contributed by atoms with van der Waals surface area (Å²) < 4.78 is 33.9. The van der Waals surface area contributed by atoms with E-state index in [1.165, 1.54) is 30.5 Å². The zero-order valence-electron chi connectivity index (χ0n) is 19.6. The zero-order valence-corrected chi connectivity index (χ0v) is 20.4. The lowest BCUT2D eigenvalue weighted by Crippen LogP contribution is -2.41. The van der Waals surface area contributed by atoms with Crippen molar-refractivity contribution in [3.8, 4) is 11.5 Å². The number of rotatable bonds is 10. The molecule has 0 fully saturated rings. The third-order valence-electron chi connectivity index (χ3n) is 5.88. The van der Waals surface area contributed by atoms with Crippen LogP contribution in [-0.4, -0.2) is 27.4 Å². The summed E-state index contributed by atoms with van der Waals surface area (Å²) in [5, 5.41) is 2.89. The van der Waals surface area contributed by atoms with E-state index in [0.29, 0.717) is 23.7 Å². The minimum Gasteiger partial charge on any atom is -0.457 e. The second-order valence-electron chi connectivity index (χ2n) is 8.44. The van der Waals surface area contributed by atoms with Gasteiger partial charge < -0.3 is 10.1 Å². The van der Waals surface area contributed by atoms with Crippen LogP contribution in [0.15, 0.2) is 101 Å². The molecule has 0 radical (unpaired) electrons. The van der Waals surface area contributed by atoms with E-state index in [9.17, 15) is 13.2 Å². The van der Waals surface area contributed by atoms with E-state index in [0.717, 1.165) is 23.6 Å². The number of carbonyl (C=O) groups is 1. The van der Waals surface area contributed by atoms with Crippen LogP contribution in [0.5, 0.6) is 11.5 Å². The smallest absolute Gasteiger partial charge is 0.264 e. The number of nitrogens with one attached hydrogen (secondary N) is 1. The Hall–Kier alpha value is -3.58. The van der Waals surface area contributed by atoms with Gasteiger partial charge in [0, 0.05) is 6.54 Å². The van der Waals surface area contributed by atoms with Gasteiger partial charge in [0.05, 0.1) is 10.6 Å². The van der Waals surface area contributed by atoms with Gasteiger partial charge in [-0.15, -0.1) is 0 Å². The summed E-state index contributed by atoms with van der Waals surface area (Å²) in [7, 11) is -3.95. The van der Waals surface area contributed by atoms with Crippen molar-refractivity contribution in [3.05, 3.63) is 96.6 Å². The Morgan fingerprint density at radius 3 is 2.17 bits per heavy atom. The van der Waals surface area contributed by atoms with E-state index >= 15 is 0 Å². The van der Waals surface area contributed by atoms with Crippen LogP contribution in [0.4, 0.5) is 5.69 Å². The van der Waals surface area contributed by atoms with Gasteiger partial charge >= 0.3 is 0 Å². The first-order valence-electron chi connectivity index (χ1n) is 11.9. The fourth-order valence-corrected chi connectivity index (χ4v) is 5.46. The number of carbonyl (C=O) groups excluding carboxylic acids is 1. The molecule has 182 valence electrons. The minimum absolute atomic E-state index is 0.129. The zero-order chi connectivity index (χ0) is 24.5. The number of ether oxygens (including phenoxy) is 1. The van der Waals surface area contributed by atoms with Crippen LogP contribution in [-0.2, 0) is 14.8 Å². The Morgan fingerprint density at radius 2 is 1.51 bits per heavy atom. The molecule has 0 spiro atoms. The molecule has 6 nitrogen and oxygen atoms in total. The molecule has 1 aliphatic rings. The van der Waals surface area contributed by atoms with Crippen LogP contribution in [0.3, 0.4) is 0 Å². The van der Waals surface area contributed by atoms with Gasteiger partial charge in [-0.1, -0.05) is 48.0 Å². The lowest BCUT2D eigenvalue weighted by molar-refractivity contribution is -0.119. The van der Waals surface area contributed by atoms with Crippen LogP contribution in [0.2, 0.25) is 0 Å². The molecule has 0 saturated heterocycles. The average molecular weight is 491 g/mol. The van der Waals surface area contributed by atoms with Crippen molar-refractivity contribution < 1.29 is 17.9 Å². The van der Waals surface area contributed by atoms with Gasteiger partial charge in [0.1, 0.15) is 18.0 Å². The molecule has 4 rings (SSSR count). The Bertz CT molecular complexity index is 1240. The number of nitrogens with zero attached hydrogens (tertiary/aromatic N) is 1. The molecule has 35 heavy (non-hydrogen) atoms. The van der Waals surface area contributed by atoms with Gasteiger partial charge in [0.2, 0.25) is 5.91 Å². The number of allylic oxidation sites excluding steroid dienone is 1. The number of sulfonamides is 1. The van der Waals surface area contributed by atoms with Crippen molar-refractivity contribution in [2.75, 3.05) is 17.4 Å². The molecule has 0 saturated carbocycles. The highest BCUT2D eigenvalue weighted by Gasteiger charge is 2.27. The predicted octanol–water partition coefficient (Wildman–Crippen LogP) is 5.68. The van der Waals surface area contributed by atoms with Crippen molar-refractivity contribution in [2.24, 2.45) is 0 Å². The van der Waals surface area contributed by atoms with Crippen LogP contribution >= 0.6 is 0 Å². The second-order valence-corrected chi connectivity index (χ2v) is 10.3. The van der Waals surface area contributed by atoms with Crippen molar-refractivity contribution in [1.29, 1.82) is 0 Å². The maximum atomic E-state index is 13.5. The van der Waals surface area contributed by atoms with Gasteiger partial charge in [-0.05, 0) is 80.6 Å². The fourth-order valence-electron chi connectivity index (χ4n) is 4.02. The average Bonchev–Trinajstić information content (AvgIpc) is 2.89. The van der Waals surface area contributed by atoms with E-state index in [-0.39, 0.29) is 17.3 Å². The highest BCUT2D eigenvalue weighted by atomic mass is 32.2. The van der Waals surface area contributed by atoms with E-state index < -0.39 is 10.0 Å². The molecule has 0 bridgehead atoms. The van der Waals surface area contributed by atoms with E-state index in [1.54, 1.807) is 42.5 Å². The monoisotopic (exact) mass is 490 g/mol. The predicted molar refractivity (Wildman–Crippen MR) is 138 cm³/mol. The largest absolute Gasteiger partial charge is 0.457 e. The molecule has 1 aliphatic carbocycles. The standard InChI is InChI=1S/C28H30N2O4S/c31-28(29-21-20-23-10-4-1-5-11-23)22-30(35(32,33)27-14-8-3-9-15-27)24-16-18-26(19-17-24)34-25-12-6-2-7-13-25/h2-3,6-10,12-19H,1,4-5,11,20-22H2,(H,29,31). The summed E-state index contributed by atoms with van der Waals surface area (Å²) in [5.74, 6) is 0.911. The van der Waals surface area contributed by atoms with Crippen molar-refractivity contribution in [2.45, 2.75) is 37.0 Å². The number of para-hydroxylation sites is 1. The molecule has 1 amide bonds. The molecule has 0 atom stereocenters. The first kappa shape index (κ1) is 24.5. The minimum atomic E-state index is -3.95. The van der Waals surface area contributed by atoms with Gasteiger partial charge in [-0.2, -0.15) is 0 Å². The topological polar surface area (TPSA) is 75.7 Å².